The molecule has 0 rings (SSSR count). The van der Waals surface area contributed by atoms with E-state index in [1.54, 1.807) is 0 Å². The molecule has 0 N–H and O–H groups in total. The van der Waals surface area contributed by atoms with E-state index in [9.17, 15) is 4.79 Å². The molecule has 0 aliphatic carbocycles. The summed E-state index contributed by atoms with van der Waals surface area (Å²) in [6.07, 6.45) is 5.86. The van der Waals surface area contributed by atoms with E-state index in [0.29, 0.717) is 6.61 Å². The Bertz CT molecular complexity index is 112. The highest BCUT2D eigenvalue weighted by atomic mass is 17.2. The van der Waals surface area contributed by atoms with Gasteiger partial charge < -0.3 is 0 Å². The molecule has 0 saturated carbocycles. The molecule has 0 bridgehead atoms. The summed E-state index contributed by atoms with van der Waals surface area (Å²) in [5, 5.41) is 0. The third-order valence-corrected chi connectivity index (χ3v) is 1.51. The smallest absolute Gasteiger partial charge is 0.299 e. The second-order valence-electron chi connectivity index (χ2n) is 2.81. The molecule has 0 spiro atoms. The number of carbonyl (C=O) groups is 1. The van der Waals surface area contributed by atoms with Gasteiger partial charge in [-0.05, 0) is 6.42 Å². The summed E-state index contributed by atoms with van der Waals surface area (Å²) in [6, 6.07) is 0. The summed E-state index contributed by atoms with van der Waals surface area (Å²) in [5.74, 6) is -0.386. The first-order valence-corrected chi connectivity index (χ1v) is 4.57. The van der Waals surface area contributed by atoms with E-state index in [1.165, 1.54) is 26.2 Å². The van der Waals surface area contributed by atoms with E-state index in [1.807, 2.05) is 0 Å². The molecule has 12 heavy (non-hydrogen) atoms. The first-order chi connectivity index (χ1) is 5.77. The van der Waals surface area contributed by atoms with Crippen LogP contribution in [0.1, 0.15) is 46.0 Å². The standard InChI is InChI=1S/C9H18O3/c1-3-4-5-6-7-8-11-12-9(2)10/h3-8H2,1-2H3. The average Bonchev–Trinajstić information content (AvgIpc) is 2.02. The minimum Gasteiger partial charge on any atom is -0.299 e. The van der Waals surface area contributed by atoms with E-state index in [4.69, 9.17) is 0 Å². The fraction of sp³-hybridized carbons (Fsp3) is 0.889. The molecule has 0 aliphatic heterocycles. The molecule has 0 aromatic carbocycles. The highest BCUT2D eigenvalue weighted by Gasteiger charge is 1.93. The van der Waals surface area contributed by atoms with E-state index < -0.39 is 0 Å². The van der Waals surface area contributed by atoms with Gasteiger partial charge in [-0.1, -0.05) is 32.6 Å². The maximum absolute atomic E-state index is 10.2. The molecule has 0 heterocycles. The largest absolute Gasteiger partial charge is 0.339 e. The molecule has 0 fully saturated rings. The number of carbonyl (C=O) groups excluding carboxylic acids is 1. The normalized spacial score (nSPS) is 9.83. The predicted octanol–water partition coefficient (Wildman–Crippen LogP) is 2.45. The van der Waals surface area contributed by atoms with Crippen molar-refractivity contribution >= 4 is 5.97 Å². The van der Waals surface area contributed by atoms with Crippen LogP contribution in [0.15, 0.2) is 0 Å². The molecule has 0 radical (unpaired) electrons. The van der Waals surface area contributed by atoms with Gasteiger partial charge in [0.1, 0.15) is 0 Å². The minimum atomic E-state index is -0.386. The summed E-state index contributed by atoms with van der Waals surface area (Å²) in [6.45, 7) is 4.02. The van der Waals surface area contributed by atoms with Crippen molar-refractivity contribution in [2.45, 2.75) is 46.0 Å². The molecular weight excluding hydrogens is 156 g/mol. The molecule has 0 saturated heterocycles. The van der Waals surface area contributed by atoms with Gasteiger partial charge >= 0.3 is 5.97 Å². The topological polar surface area (TPSA) is 35.5 Å². The third kappa shape index (κ3) is 9.43. The molecule has 0 aromatic rings. The molecule has 0 unspecified atom stereocenters. The average molecular weight is 174 g/mol. The van der Waals surface area contributed by atoms with Gasteiger partial charge in [-0.3, -0.25) is 4.89 Å². The molecule has 0 aliphatic rings. The monoisotopic (exact) mass is 174 g/mol. The summed E-state index contributed by atoms with van der Waals surface area (Å²) >= 11 is 0. The van der Waals surface area contributed by atoms with Crippen LogP contribution in [0.3, 0.4) is 0 Å². The molecule has 0 amide bonds. The lowest BCUT2D eigenvalue weighted by molar-refractivity contribution is -0.270. The van der Waals surface area contributed by atoms with Gasteiger partial charge in [0.25, 0.3) is 0 Å². The fourth-order valence-electron chi connectivity index (χ4n) is 0.889. The predicted molar refractivity (Wildman–Crippen MR) is 46.5 cm³/mol. The zero-order valence-corrected chi connectivity index (χ0v) is 7.97. The van der Waals surface area contributed by atoms with Gasteiger partial charge in [0.2, 0.25) is 0 Å². The highest BCUT2D eigenvalue weighted by molar-refractivity contribution is 5.65. The quantitative estimate of drug-likeness (QED) is 0.338. The first kappa shape index (κ1) is 11.4. The minimum absolute atomic E-state index is 0.386. The van der Waals surface area contributed by atoms with Crippen LogP contribution in [-0.2, 0) is 14.6 Å². The Morgan fingerprint density at radius 1 is 1.17 bits per heavy atom. The van der Waals surface area contributed by atoms with Crippen LogP contribution in [0.4, 0.5) is 0 Å². The van der Waals surface area contributed by atoms with Crippen LogP contribution >= 0.6 is 0 Å². The van der Waals surface area contributed by atoms with Crippen LogP contribution < -0.4 is 0 Å². The van der Waals surface area contributed by atoms with Crippen molar-refractivity contribution in [3.05, 3.63) is 0 Å². The number of rotatable bonds is 7. The van der Waals surface area contributed by atoms with Crippen molar-refractivity contribution in [1.82, 2.24) is 0 Å². The number of unbranched alkanes of at least 4 members (excludes halogenated alkanes) is 4. The molecule has 72 valence electrons. The lowest BCUT2D eigenvalue weighted by Crippen LogP contribution is -2.01. The Kier molecular flexibility index (Phi) is 8.12. The van der Waals surface area contributed by atoms with Gasteiger partial charge in [-0.15, -0.1) is 0 Å². The van der Waals surface area contributed by atoms with E-state index in [0.717, 1.165) is 12.8 Å². The zero-order chi connectivity index (χ0) is 9.23. The van der Waals surface area contributed by atoms with Gasteiger partial charge in [-0.25, -0.2) is 4.79 Å². The van der Waals surface area contributed by atoms with Gasteiger partial charge in [0.05, 0.1) is 6.61 Å². The Balaban J connectivity index is 2.86. The molecule has 3 heteroatoms. The Morgan fingerprint density at radius 2 is 1.83 bits per heavy atom. The lowest BCUT2D eigenvalue weighted by Gasteiger charge is -2.00. The Morgan fingerprint density at radius 3 is 2.42 bits per heavy atom. The van der Waals surface area contributed by atoms with Crippen LogP contribution in [0.5, 0.6) is 0 Å². The van der Waals surface area contributed by atoms with Crippen LogP contribution in [0.2, 0.25) is 0 Å². The second kappa shape index (κ2) is 8.53. The van der Waals surface area contributed by atoms with E-state index in [2.05, 4.69) is 16.7 Å². The molecule has 3 nitrogen and oxygen atoms in total. The first-order valence-electron chi connectivity index (χ1n) is 4.57. The van der Waals surface area contributed by atoms with Crippen LogP contribution in [0, 0.1) is 0 Å². The Hall–Kier alpha value is -0.570. The van der Waals surface area contributed by atoms with Crippen molar-refractivity contribution < 1.29 is 14.6 Å². The van der Waals surface area contributed by atoms with Crippen molar-refractivity contribution in [3.63, 3.8) is 0 Å². The maximum Gasteiger partial charge on any atom is 0.339 e. The molecular formula is C9H18O3. The number of hydrogen-bond donors (Lipinski definition) is 0. The van der Waals surface area contributed by atoms with Gasteiger partial charge in [0.15, 0.2) is 0 Å². The summed E-state index contributed by atoms with van der Waals surface area (Å²) < 4.78 is 0. The van der Waals surface area contributed by atoms with E-state index >= 15 is 0 Å². The van der Waals surface area contributed by atoms with Crippen molar-refractivity contribution in [2.24, 2.45) is 0 Å². The summed E-state index contributed by atoms with van der Waals surface area (Å²) in [5.41, 5.74) is 0. The molecule has 0 atom stereocenters. The SMILES string of the molecule is CCCCCCCOOC(C)=O. The summed E-state index contributed by atoms with van der Waals surface area (Å²) in [4.78, 5) is 19.2. The lowest BCUT2D eigenvalue weighted by atomic mass is 10.2. The highest BCUT2D eigenvalue weighted by Crippen LogP contribution is 2.02. The Labute approximate surface area is 74.0 Å². The van der Waals surface area contributed by atoms with Gasteiger partial charge in [-0.2, -0.15) is 4.89 Å². The second-order valence-corrected chi connectivity index (χ2v) is 2.81. The van der Waals surface area contributed by atoms with Crippen LogP contribution in [0.25, 0.3) is 0 Å². The molecule has 0 aromatic heterocycles. The van der Waals surface area contributed by atoms with Gasteiger partial charge in [0, 0.05) is 6.92 Å². The zero-order valence-electron chi connectivity index (χ0n) is 7.97. The fourth-order valence-corrected chi connectivity index (χ4v) is 0.889. The van der Waals surface area contributed by atoms with Crippen molar-refractivity contribution in [2.75, 3.05) is 6.61 Å². The van der Waals surface area contributed by atoms with Crippen LogP contribution in [-0.4, -0.2) is 12.6 Å². The summed E-state index contributed by atoms with van der Waals surface area (Å²) in [7, 11) is 0. The maximum atomic E-state index is 10.2. The van der Waals surface area contributed by atoms with E-state index in [-0.39, 0.29) is 5.97 Å². The third-order valence-electron chi connectivity index (χ3n) is 1.51. The van der Waals surface area contributed by atoms with Crippen molar-refractivity contribution in [1.29, 1.82) is 0 Å². The number of hydrogen-bond acceptors (Lipinski definition) is 3. The van der Waals surface area contributed by atoms with Crippen molar-refractivity contribution in [3.8, 4) is 0 Å².